The van der Waals surface area contributed by atoms with Crippen molar-refractivity contribution in [2.75, 3.05) is 33.2 Å². The molecule has 6 heteroatoms. The summed E-state index contributed by atoms with van der Waals surface area (Å²) in [6.45, 7) is 11.1. The Labute approximate surface area is 113 Å². The zero-order valence-corrected chi connectivity index (χ0v) is 13.2. The lowest BCUT2D eigenvalue weighted by molar-refractivity contribution is 0.399. The molecule has 0 fully saturated rings. The number of nitrogens with zero attached hydrogens (tertiary/aromatic N) is 1. The minimum absolute atomic E-state index is 0.343. The van der Waals surface area contributed by atoms with Crippen molar-refractivity contribution in [3.05, 3.63) is 0 Å². The molecule has 18 heavy (non-hydrogen) atoms. The van der Waals surface area contributed by atoms with Gasteiger partial charge in [-0.05, 0) is 31.3 Å². The fourth-order valence-electron chi connectivity index (χ4n) is 1.31. The average Bonchev–Trinajstić information content (AvgIpc) is 2.31. The van der Waals surface area contributed by atoms with Gasteiger partial charge in [-0.1, -0.05) is 27.7 Å². The maximum Gasteiger partial charge on any atom is 0.279 e. The van der Waals surface area contributed by atoms with Crippen LogP contribution in [0.2, 0.25) is 0 Å². The summed E-state index contributed by atoms with van der Waals surface area (Å²) in [5.41, 5.74) is 0. The summed E-state index contributed by atoms with van der Waals surface area (Å²) in [5.74, 6) is 0.821. The van der Waals surface area contributed by atoms with Crippen LogP contribution >= 0.6 is 0 Å². The van der Waals surface area contributed by atoms with Gasteiger partial charge in [0.05, 0.1) is 0 Å². The van der Waals surface area contributed by atoms with Crippen LogP contribution in [0.1, 0.15) is 34.1 Å². The molecule has 0 bridgehead atoms. The van der Waals surface area contributed by atoms with E-state index in [2.05, 4.69) is 30.8 Å². The number of hydrogen-bond donors (Lipinski definition) is 2. The predicted octanol–water partition coefficient (Wildman–Crippen LogP) is 1.04. The van der Waals surface area contributed by atoms with E-state index in [-0.39, 0.29) is 0 Å². The first-order valence-corrected chi connectivity index (χ1v) is 8.16. The second kappa shape index (κ2) is 8.85. The third kappa shape index (κ3) is 7.31. The van der Waals surface area contributed by atoms with Gasteiger partial charge in [0.1, 0.15) is 0 Å². The second-order valence-corrected chi connectivity index (χ2v) is 6.97. The van der Waals surface area contributed by atoms with Gasteiger partial charge in [-0.25, -0.2) is 4.72 Å². The maximum absolute atomic E-state index is 11.9. The van der Waals surface area contributed by atoms with Crippen molar-refractivity contribution >= 4 is 10.2 Å². The first kappa shape index (κ1) is 17.8. The van der Waals surface area contributed by atoms with Gasteiger partial charge in [0.15, 0.2) is 0 Å². The van der Waals surface area contributed by atoms with Crippen molar-refractivity contribution < 1.29 is 8.42 Å². The molecule has 1 unspecified atom stereocenters. The Balaban J connectivity index is 4.03. The molecule has 0 rings (SSSR count). The fourth-order valence-corrected chi connectivity index (χ4v) is 2.37. The van der Waals surface area contributed by atoms with Crippen LogP contribution in [0.25, 0.3) is 0 Å². The standard InChI is InChI=1S/C12H29N3O2S/c1-6-13-8-7-9-15(5)18(16,17)14-10-12(4)11(2)3/h11-14H,6-10H2,1-5H3. The molecule has 0 amide bonds. The topological polar surface area (TPSA) is 61.4 Å². The summed E-state index contributed by atoms with van der Waals surface area (Å²) >= 11 is 0. The lowest BCUT2D eigenvalue weighted by Gasteiger charge is -2.21. The van der Waals surface area contributed by atoms with Gasteiger partial charge in [0.25, 0.3) is 10.2 Å². The highest BCUT2D eigenvalue weighted by molar-refractivity contribution is 7.87. The summed E-state index contributed by atoms with van der Waals surface area (Å²) in [7, 11) is -1.70. The summed E-state index contributed by atoms with van der Waals surface area (Å²) in [6, 6.07) is 0. The average molecular weight is 279 g/mol. The SMILES string of the molecule is CCNCCCN(C)S(=O)(=O)NCC(C)C(C)C. The van der Waals surface area contributed by atoms with Crippen LogP contribution in [0.15, 0.2) is 0 Å². The first-order valence-electron chi connectivity index (χ1n) is 6.72. The van der Waals surface area contributed by atoms with E-state index in [1.54, 1.807) is 7.05 Å². The third-order valence-corrected chi connectivity index (χ3v) is 4.75. The molecule has 0 aromatic carbocycles. The minimum Gasteiger partial charge on any atom is -0.317 e. The molecule has 0 aliphatic rings. The maximum atomic E-state index is 11.9. The Morgan fingerprint density at radius 2 is 1.83 bits per heavy atom. The van der Waals surface area contributed by atoms with Crippen molar-refractivity contribution in [1.82, 2.24) is 14.3 Å². The summed E-state index contributed by atoms with van der Waals surface area (Å²) in [4.78, 5) is 0. The quantitative estimate of drug-likeness (QED) is 0.588. The lowest BCUT2D eigenvalue weighted by Crippen LogP contribution is -2.41. The number of nitrogens with one attached hydrogen (secondary N) is 2. The molecular formula is C12H29N3O2S. The van der Waals surface area contributed by atoms with Gasteiger partial charge in [-0.3, -0.25) is 0 Å². The van der Waals surface area contributed by atoms with Crippen LogP contribution in [0.5, 0.6) is 0 Å². The molecular weight excluding hydrogens is 250 g/mol. The largest absolute Gasteiger partial charge is 0.317 e. The van der Waals surface area contributed by atoms with Gasteiger partial charge >= 0.3 is 0 Å². The van der Waals surface area contributed by atoms with E-state index in [0.717, 1.165) is 19.5 Å². The van der Waals surface area contributed by atoms with E-state index in [1.165, 1.54) is 4.31 Å². The normalized spacial score (nSPS) is 14.4. The lowest BCUT2D eigenvalue weighted by atomic mass is 9.99. The highest BCUT2D eigenvalue weighted by Crippen LogP contribution is 2.08. The van der Waals surface area contributed by atoms with Crippen LogP contribution in [-0.2, 0) is 10.2 Å². The van der Waals surface area contributed by atoms with Gasteiger partial charge < -0.3 is 5.32 Å². The molecule has 1 atom stereocenters. The zero-order chi connectivity index (χ0) is 14.2. The van der Waals surface area contributed by atoms with E-state index < -0.39 is 10.2 Å². The molecule has 0 aromatic heterocycles. The summed E-state index contributed by atoms with van der Waals surface area (Å²) in [5, 5.41) is 3.18. The van der Waals surface area contributed by atoms with Gasteiger partial charge in [0.2, 0.25) is 0 Å². The van der Waals surface area contributed by atoms with Crippen LogP contribution in [0.3, 0.4) is 0 Å². The monoisotopic (exact) mass is 279 g/mol. The van der Waals surface area contributed by atoms with Gasteiger partial charge in [-0.15, -0.1) is 0 Å². The van der Waals surface area contributed by atoms with E-state index in [1.807, 2.05) is 6.92 Å². The van der Waals surface area contributed by atoms with Crippen LogP contribution in [0.4, 0.5) is 0 Å². The Hall–Kier alpha value is -0.170. The highest BCUT2D eigenvalue weighted by Gasteiger charge is 2.18. The Bertz CT molecular complexity index is 304. The summed E-state index contributed by atoms with van der Waals surface area (Å²) in [6.07, 6.45) is 0.824. The molecule has 2 N–H and O–H groups in total. The smallest absolute Gasteiger partial charge is 0.279 e. The van der Waals surface area contributed by atoms with Crippen LogP contribution in [0, 0.1) is 11.8 Å². The Morgan fingerprint density at radius 3 is 2.33 bits per heavy atom. The van der Waals surface area contributed by atoms with Crippen molar-refractivity contribution in [3.63, 3.8) is 0 Å². The third-order valence-electron chi connectivity index (χ3n) is 3.21. The minimum atomic E-state index is -3.32. The number of hydrogen-bond acceptors (Lipinski definition) is 3. The molecule has 0 spiro atoms. The van der Waals surface area contributed by atoms with Crippen molar-refractivity contribution in [2.45, 2.75) is 34.1 Å². The predicted molar refractivity (Wildman–Crippen MR) is 76.7 cm³/mol. The summed E-state index contributed by atoms with van der Waals surface area (Å²) < 4.78 is 27.9. The fraction of sp³-hybridized carbons (Fsp3) is 1.00. The first-order chi connectivity index (χ1) is 8.31. The molecule has 0 saturated heterocycles. The highest BCUT2D eigenvalue weighted by atomic mass is 32.2. The Kier molecular flexibility index (Phi) is 8.77. The Morgan fingerprint density at radius 1 is 1.22 bits per heavy atom. The molecule has 0 aromatic rings. The van der Waals surface area contributed by atoms with Gasteiger partial charge in [0, 0.05) is 20.1 Å². The van der Waals surface area contributed by atoms with Crippen molar-refractivity contribution in [1.29, 1.82) is 0 Å². The van der Waals surface area contributed by atoms with Crippen molar-refractivity contribution in [2.24, 2.45) is 11.8 Å². The van der Waals surface area contributed by atoms with E-state index >= 15 is 0 Å². The van der Waals surface area contributed by atoms with E-state index in [4.69, 9.17) is 0 Å². The molecule has 0 aliphatic carbocycles. The van der Waals surface area contributed by atoms with E-state index in [9.17, 15) is 8.42 Å². The molecule has 5 nitrogen and oxygen atoms in total. The van der Waals surface area contributed by atoms with Gasteiger partial charge in [-0.2, -0.15) is 12.7 Å². The molecule has 0 saturated carbocycles. The molecule has 0 aliphatic heterocycles. The zero-order valence-electron chi connectivity index (χ0n) is 12.4. The molecule has 110 valence electrons. The number of rotatable bonds is 10. The van der Waals surface area contributed by atoms with Crippen molar-refractivity contribution in [3.8, 4) is 0 Å². The second-order valence-electron chi connectivity index (χ2n) is 5.10. The molecule has 0 radical (unpaired) electrons. The van der Waals surface area contributed by atoms with E-state index in [0.29, 0.717) is 24.9 Å². The van der Waals surface area contributed by atoms with Crippen LogP contribution in [-0.4, -0.2) is 45.9 Å². The molecule has 0 heterocycles. The van der Waals surface area contributed by atoms with Crippen LogP contribution < -0.4 is 10.0 Å².